The molecule has 2 aromatic carbocycles. The zero-order chi connectivity index (χ0) is 31.7. The van der Waals surface area contributed by atoms with Gasteiger partial charge in [0.25, 0.3) is 0 Å². The monoisotopic (exact) mass is 602 g/mol. The van der Waals surface area contributed by atoms with Crippen LogP contribution in [-0.4, -0.2) is 80.9 Å². The van der Waals surface area contributed by atoms with E-state index in [2.05, 4.69) is 4.74 Å². The third-order valence-electron chi connectivity index (χ3n) is 6.06. The van der Waals surface area contributed by atoms with E-state index in [1.165, 1.54) is 14.0 Å². The lowest BCUT2D eigenvalue weighted by Crippen LogP contribution is -2.63. The molecule has 0 spiro atoms. The fourth-order valence-electron chi connectivity index (χ4n) is 4.34. The highest BCUT2D eigenvalue weighted by Crippen LogP contribution is 2.37. The SMILES string of the molecule is COC(=O)COc1cccc(-c2cc(C)ccc2O[C@H]2O[C@H](COC(C)=O)[C@@H](OC(C)=O)[C@H](OC(C)=O)[C@@H]2OC(C)=O)c1. The Balaban J connectivity index is 2.05. The van der Waals surface area contributed by atoms with Crippen LogP contribution in [0.4, 0.5) is 0 Å². The maximum atomic E-state index is 12.2. The van der Waals surface area contributed by atoms with Gasteiger partial charge in [-0.15, -0.1) is 0 Å². The zero-order valence-electron chi connectivity index (χ0n) is 24.6. The van der Waals surface area contributed by atoms with Crippen molar-refractivity contribution in [1.82, 2.24) is 0 Å². The summed E-state index contributed by atoms with van der Waals surface area (Å²) in [5.41, 5.74) is 2.10. The number of ether oxygens (including phenoxy) is 8. The van der Waals surface area contributed by atoms with Gasteiger partial charge in [0, 0.05) is 33.3 Å². The minimum Gasteiger partial charge on any atom is -0.482 e. The zero-order valence-corrected chi connectivity index (χ0v) is 24.6. The molecular weight excluding hydrogens is 568 g/mol. The van der Waals surface area contributed by atoms with Gasteiger partial charge in [0.2, 0.25) is 12.4 Å². The Kier molecular flexibility index (Phi) is 11.5. The van der Waals surface area contributed by atoms with E-state index in [0.29, 0.717) is 16.9 Å². The van der Waals surface area contributed by atoms with Crippen LogP contribution in [0.2, 0.25) is 0 Å². The number of esters is 5. The molecule has 1 saturated heterocycles. The Morgan fingerprint density at radius 2 is 1.44 bits per heavy atom. The molecule has 1 heterocycles. The molecule has 0 unspecified atom stereocenters. The molecule has 0 N–H and O–H groups in total. The van der Waals surface area contributed by atoms with Crippen LogP contribution >= 0.6 is 0 Å². The van der Waals surface area contributed by atoms with Crippen LogP contribution in [0.15, 0.2) is 42.5 Å². The number of benzene rings is 2. The molecule has 0 aromatic heterocycles. The smallest absolute Gasteiger partial charge is 0.343 e. The summed E-state index contributed by atoms with van der Waals surface area (Å²) >= 11 is 0. The summed E-state index contributed by atoms with van der Waals surface area (Å²) in [6.07, 6.45) is -6.68. The van der Waals surface area contributed by atoms with Crippen molar-refractivity contribution < 1.29 is 61.9 Å². The van der Waals surface area contributed by atoms with E-state index >= 15 is 0 Å². The van der Waals surface area contributed by atoms with Gasteiger partial charge in [-0.1, -0.05) is 23.8 Å². The lowest BCUT2D eigenvalue weighted by atomic mass is 9.97. The molecule has 13 heteroatoms. The molecule has 2 aromatic rings. The molecule has 0 amide bonds. The van der Waals surface area contributed by atoms with Crippen molar-refractivity contribution in [3.05, 3.63) is 48.0 Å². The van der Waals surface area contributed by atoms with Gasteiger partial charge in [0.05, 0.1) is 7.11 Å². The van der Waals surface area contributed by atoms with Crippen LogP contribution in [0.5, 0.6) is 11.5 Å². The first-order chi connectivity index (χ1) is 20.4. The van der Waals surface area contributed by atoms with Crippen molar-refractivity contribution in [2.24, 2.45) is 0 Å². The highest BCUT2D eigenvalue weighted by atomic mass is 16.7. The van der Waals surface area contributed by atoms with Gasteiger partial charge in [-0.2, -0.15) is 0 Å². The molecule has 232 valence electrons. The van der Waals surface area contributed by atoms with E-state index in [9.17, 15) is 24.0 Å². The summed E-state index contributed by atoms with van der Waals surface area (Å²) < 4.78 is 44.0. The maximum Gasteiger partial charge on any atom is 0.343 e. The van der Waals surface area contributed by atoms with Gasteiger partial charge in [-0.25, -0.2) is 4.79 Å². The maximum absolute atomic E-state index is 12.2. The van der Waals surface area contributed by atoms with Crippen LogP contribution in [0, 0.1) is 6.92 Å². The van der Waals surface area contributed by atoms with Crippen molar-refractivity contribution in [3.63, 3.8) is 0 Å². The summed E-state index contributed by atoms with van der Waals surface area (Å²) in [5.74, 6) is -2.77. The lowest BCUT2D eigenvalue weighted by molar-refractivity contribution is -0.288. The van der Waals surface area contributed by atoms with E-state index in [1.807, 2.05) is 13.0 Å². The molecule has 13 nitrogen and oxygen atoms in total. The van der Waals surface area contributed by atoms with Crippen LogP contribution in [-0.2, 0) is 52.4 Å². The van der Waals surface area contributed by atoms with Crippen LogP contribution in [0.1, 0.15) is 33.3 Å². The average Bonchev–Trinajstić information content (AvgIpc) is 2.94. The second-order valence-corrected chi connectivity index (χ2v) is 9.58. The van der Waals surface area contributed by atoms with Crippen LogP contribution in [0.25, 0.3) is 11.1 Å². The third-order valence-corrected chi connectivity index (χ3v) is 6.06. The average molecular weight is 603 g/mol. The number of carbonyl (C=O) groups excluding carboxylic acids is 5. The second-order valence-electron chi connectivity index (χ2n) is 9.58. The predicted molar refractivity (Wildman–Crippen MR) is 147 cm³/mol. The molecule has 1 fully saturated rings. The van der Waals surface area contributed by atoms with Gasteiger partial charge < -0.3 is 37.9 Å². The molecule has 5 atom stereocenters. The molecule has 1 aliphatic heterocycles. The van der Waals surface area contributed by atoms with E-state index in [4.69, 9.17) is 33.2 Å². The molecular formula is C30H34O13. The number of methoxy groups -OCH3 is 1. The summed E-state index contributed by atoms with van der Waals surface area (Å²) in [7, 11) is 1.26. The highest BCUT2D eigenvalue weighted by Gasteiger charge is 2.53. The minimum absolute atomic E-state index is 0.275. The minimum atomic E-state index is -1.42. The van der Waals surface area contributed by atoms with Crippen molar-refractivity contribution in [3.8, 4) is 22.6 Å². The van der Waals surface area contributed by atoms with Gasteiger partial charge in [0.1, 0.15) is 24.2 Å². The number of hydrogen-bond acceptors (Lipinski definition) is 13. The Bertz CT molecular complexity index is 1340. The molecule has 0 saturated carbocycles. The van der Waals surface area contributed by atoms with Gasteiger partial charge in [-0.05, 0) is 36.8 Å². The van der Waals surface area contributed by atoms with Crippen molar-refractivity contribution in [2.45, 2.75) is 65.3 Å². The van der Waals surface area contributed by atoms with Crippen molar-refractivity contribution in [1.29, 1.82) is 0 Å². The van der Waals surface area contributed by atoms with Crippen molar-refractivity contribution >= 4 is 29.8 Å². The molecule has 3 rings (SSSR count). The number of rotatable bonds is 11. The molecule has 0 bridgehead atoms. The summed E-state index contributed by atoms with van der Waals surface area (Å²) in [5, 5.41) is 0. The Morgan fingerprint density at radius 3 is 2.07 bits per heavy atom. The Labute approximate surface area is 248 Å². The summed E-state index contributed by atoms with van der Waals surface area (Å²) in [4.78, 5) is 59.4. The normalized spacial score (nSPS) is 21.1. The second kappa shape index (κ2) is 15.0. The van der Waals surface area contributed by atoms with E-state index in [1.54, 1.807) is 36.4 Å². The molecule has 1 aliphatic rings. The lowest BCUT2D eigenvalue weighted by Gasteiger charge is -2.44. The third kappa shape index (κ3) is 9.43. The van der Waals surface area contributed by atoms with E-state index in [-0.39, 0.29) is 12.4 Å². The fraction of sp³-hybridized carbons (Fsp3) is 0.433. The van der Waals surface area contributed by atoms with E-state index < -0.39 is 67.2 Å². The first-order valence-corrected chi connectivity index (χ1v) is 13.3. The fourth-order valence-corrected chi connectivity index (χ4v) is 4.34. The molecule has 43 heavy (non-hydrogen) atoms. The van der Waals surface area contributed by atoms with Gasteiger partial charge in [-0.3, -0.25) is 19.2 Å². The number of carbonyl (C=O) groups is 5. The molecule has 0 aliphatic carbocycles. The van der Waals surface area contributed by atoms with E-state index in [0.717, 1.165) is 26.3 Å². The first-order valence-electron chi connectivity index (χ1n) is 13.3. The predicted octanol–water partition coefficient (Wildman–Crippen LogP) is 2.68. The van der Waals surface area contributed by atoms with Crippen molar-refractivity contribution in [2.75, 3.05) is 20.3 Å². The first kappa shape index (κ1) is 32.9. The highest BCUT2D eigenvalue weighted by molar-refractivity contribution is 5.73. The van der Waals surface area contributed by atoms with Gasteiger partial charge >= 0.3 is 29.8 Å². The standard InChI is InChI=1S/C30H34O13/c1-16-10-11-24(23(12-16)21-8-7-9-22(13-21)38-15-26(35)36-6)42-30-29(41-20(5)34)28(40-19(4)33)27(39-18(3)32)25(43-30)14-37-17(2)31/h7-13,25,27-30H,14-15H2,1-6H3/t25-,27-,28+,29+,30+/m1/s1. The Hall–Kier alpha value is -4.65. The Morgan fingerprint density at radius 1 is 0.791 bits per heavy atom. The summed E-state index contributed by atoms with van der Waals surface area (Å²) in [6.45, 7) is 5.79. The topological polar surface area (TPSA) is 159 Å². The number of aryl methyl sites for hydroxylation is 1. The largest absolute Gasteiger partial charge is 0.482 e. The summed E-state index contributed by atoms with van der Waals surface area (Å²) in [6, 6.07) is 12.2. The molecule has 0 radical (unpaired) electrons. The van der Waals surface area contributed by atoms with Gasteiger partial charge in [0.15, 0.2) is 18.8 Å². The number of hydrogen-bond donors (Lipinski definition) is 0. The van der Waals surface area contributed by atoms with Crippen LogP contribution in [0.3, 0.4) is 0 Å². The quantitative estimate of drug-likeness (QED) is 0.273. The van der Waals surface area contributed by atoms with Crippen LogP contribution < -0.4 is 9.47 Å².